The maximum atomic E-state index is 13.2. The number of nitro groups is 1. The Labute approximate surface area is 182 Å². The molecule has 2 aromatic heterocycles. The van der Waals surface area contributed by atoms with E-state index in [9.17, 15) is 19.7 Å². The summed E-state index contributed by atoms with van der Waals surface area (Å²) in [6, 6.07) is 11.2. The number of non-ortho nitro benzene ring substituents is 1. The number of amides is 1. The Hall–Kier alpha value is -4.34. The SMILES string of the molecule is Cc1ccc(-n2ncc3c(C)nn(CC(=O)Nc4ccc([N+](=O)[O-])cc4)c(=O)c32)cc1C. The van der Waals surface area contributed by atoms with Crippen molar-refractivity contribution >= 4 is 28.2 Å². The zero-order chi connectivity index (χ0) is 23.0. The van der Waals surface area contributed by atoms with Gasteiger partial charge in [-0.2, -0.15) is 10.2 Å². The van der Waals surface area contributed by atoms with Crippen LogP contribution in [0.5, 0.6) is 0 Å². The van der Waals surface area contributed by atoms with Crippen LogP contribution in [0.4, 0.5) is 11.4 Å². The van der Waals surface area contributed by atoms with Crippen molar-refractivity contribution in [1.82, 2.24) is 19.6 Å². The van der Waals surface area contributed by atoms with Crippen LogP contribution < -0.4 is 10.9 Å². The van der Waals surface area contributed by atoms with Gasteiger partial charge in [0.1, 0.15) is 12.1 Å². The Morgan fingerprint density at radius 1 is 1.09 bits per heavy atom. The lowest BCUT2D eigenvalue weighted by Crippen LogP contribution is -2.31. The van der Waals surface area contributed by atoms with E-state index in [-0.39, 0.29) is 12.2 Å². The number of aryl methyl sites for hydroxylation is 3. The lowest BCUT2D eigenvalue weighted by atomic mass is 10.1. The standard InChI is InChI=1S/C22H20N6O4/c1-13-4-7-18(10-14(13)2)27-21-19(11-23-27)15(3)25-26(22(21)30)12-20(29)24-16-5-8-17(9-6-16)28(31)32/h4-11H,12H2,1-3H3,(H,24,29). The lowest BCUT2D eigenvalue weighted by Gasteiger charge is -2.10. The van der Waals surface area contributed by atoms with Gasteiger partial charge in [0, 0.05) is 23.2 Å². The number of nitrogens with one attached hydrogen (secondary N) is 1. The van der Waals surface area contributed by atoms with Crippen molar-refractivity contribution in [1.29, 1.82) is 0 Å². The zero-order valence-corrected chi connectivity index (χ0v) is 17.7. The smallest absolute Gasteiger partial charge is 0.293 e. The number of nitrogens with zero attached hydrogens (tertiary/aromatic N) is 5. The first-order valence-electron chi connectivity index (χ1n) is 9.82. The molecule has 10 heteroatoms. The predicted molar refractivity (Wildman–Crippen MR) is 119 cm³/mol. The van der Waals surface area contributed by atoms with Crippen molar-refractivity contribution < 1.29 is 9.72 Å². The first-order valence-corrected chi connectivity index (χ1v) is 9.82. The maximum Gasteiger partial charge on any atom is 0.293 e. The van der Waals surface area contributed by atoms with E-state index in [2.05, 4.69) is 15.5 Å². The van der Waals surface area contributed by atoms with E-state index >= 15 is 0 Å². The average molecular weight is 432 g/mol. The minimum Gasteiger partial charge on any atom is -0.324 e. The van der Waals surface area contributed by atoms with Gasteiger partial charge < -0.3 is 5.32 Å². The van der Waals surface area contributed by atoms with Crippen LogP contribution in [-0.4, -0.2) is 30.4 Å². The Bertz CT molecular complexity index is 1420. The Kier molecular flexibility index (Phi) is 5.27. The van der Waals surface area contributed by atoms with Crippen LogP contribution in [0, 0.1) is 30.9 Å². The van der Waals surface area contributed by atoms with E-state index in [1.165, 1.54) is 24.3 Å². The Balaban J connectivity index is 1.66. The van der Waals surface area contributed by atoms with Gasteiger partial charge in [0.2, 0.25) is 5.91 Å². The monoisotopic (exact) mass is 432 g/mol. The first kappa shape index (κ1) is 20.9. The zero-order valence-electron chi connectivity index (χ0n) is 17.7. The third-order valence-electron chi connectivity index (χ3n) is 5.26. The second kappa shape index (κ2) is 8.06. The number of carbonyl (C=O) groups is 1. The summed E-state index contributed by atoms with van der Waals surface area (Å²) in [5.41, 5.74) is 3.70. The highest BCUT2D eigenvalue weighted by molar-refractivity contribution is 5.91. The molecule has 0 bridgehead atoms. The minimum absolute atomic E-state index is 0.0819. The summed E-state index contributed by atoms with van der Waals surface area (Å²) in [4.78, 5) is 35.9. The molecular weight excluding hydrogens is 412 g/mol. The largest absolute Gasteiger partial charge is 0.324 e. The van der Waals surface area contributed by atoms with Gasteiger partial charge in [-0.1, -0.05) is 6.07 Å². The second-order valence-corrected chi connectivity index (χ2v) is 7.49. The molecule has 0 atom stereocenters. The van der Waals surface area contributed by atoms with Crippen molar-refractivity contribution in [2.75, 3.05) is 5.32 Å². The number of aromatic nitrogens is 4. The number of benzene rings is 2. The van der Waals surface area contributed by atoms with E-state index in [1.807, 2.05) is 32.0 Å². The fraction of sp³-hybridized carbons (Fsp3) is 0.182. The number of carbonyl (C=O) groups excluding carboxylic acids is 1. The molecule has 4 aromatic rings. The van der Waals surface area contributed by atoms with Crippen LogP contribution >= 0.6 is 0 Å². The molecule has 162 valence electrons. The molecule has 4 rings (SSSR count). The molecular formula is C22H20N6O4. The number of nitro benzene ring substituents is 1. The molecule has 0 aliphatic carbocycles. The summed E-state index contributed by atoms with van der Waals surface area (Å²) in [7, 11) is 0. The number of rotatable bonds is 5. The van der Waals surface area contributed by atoms with Gasteiger partial charge in [-0.25, -0.2) is 9.36 Å². The van der Waals surface area contributed by atoms with E-state index in [0.29, 0.717) is 22.3 Å². The molecule has 0 unspecified atom stereocenters. The van der Waals surface area contributed by atoms with Crippen molar-refractivity contribution in [3.05, 3.63) is 86.0 Å². The van der Waals surface area contributed by atoms with Gasteiger partial charge in [0.15, 0.2) is 0 Å². The highest BCUT2D eigenvalue weighted by atomic mass is 16.6. The van der Waals surface area contributed by atoms with Crippen molar-refractivity contribution in [2.45, 2.75) is 27.3 Å². The second-order valence-electron chi connectivity index (χ2n) is 7.49. The molecule has 0 saturated carbocycles. The van der Waals surface area contributed by atoms with Crippen LogP contribution in [-0.2, 0) is 11.3 Å². The summed E-state index contributed by atoms with van der Waals surface area (Å²) in [6.07, 6.45) is 1.59. The van der Waals surface area contributed by atoms with Gasteiger partial charge in [0.05, 0.1) is 22.5 Å². The Morgan fingerprint density at radius 3 is 2.47 bits per heavy atom. The molecule has 0 radical (unpaired) electrons. The summed E-state index contributed by atoms with van der Waals surface area (Å²) in [5.74, 6) is -0.482. The fourth-order valence-corrected chi connectivity index (χ4v) is 3.38. The molecule has 0 aliphatic rings. The molecule has 0 fully saturated rings. The highest BCUT2D eigenvalue weighted by Gasteiger charge is 2.17. The van der Waals surface area contributed by atoms with E-state index in [1.54, 1.807) is 17.8 Å². The van der Waals surface area contributed by atoms with Crippen LogP contribution in [0.3, 0.4) is 0 Å². The number of hydrogen-bond acceptors (Lipinski definition) is 6. The molecule has 1 N–H and O–H groups in total. The normalized spacial score (nSPS) is 11.0. The number of hydrogen-bond donors (Lipinski definition) is 1. The van der Waals surface area contributed by atoms with Crippen LogP contribution in [0.25, 0.3) is 16.6 Å². The fourth-order valence-electron chi connectivity index (χ4n) is 3.38. The molecule has 2 heterocycles. The highest BCUT2D eigenvalue weighted by Crippen LogP contribution is 2.20. The van der Waals surface area contributed by atoms with Gasteiger partial charge in [0.25, 0.3) is 11.2 Å². The molecule has 0 saturated heterocycles. The quantitative estimate of drug-likeness (QED) is 0.382. The van der Waals surface area contributed by atoms with E-state index in [4.69, 9.17) is 0 Å². The van der Waals surface area contributed by atoms with Gasteiger partial charge >= 0.3 is 0 Å². The third kappa shape index (κ3) is 3.85. The van der Waals surface area contributed by atoms with E-state index < -0.39 is 16.4 Å². The summed E-state index contributed by atoms with van der Waals surface area (Å²) in [5, 5.41) is 22.6. The molecule has 1 amide bonds. The van der Waals surface area contributed by atoms with Crippen LogP contribution in [0.2, 0.25) is 0 Å². The molecule has 2 aromatic carbocycles. The first-order chi connectivity index (χ1) is 15.2. The van der Waals surface area contributed by atoms with Gasteiger partial charge in [-0.3, -0.25) is 19.7 Å². The topological polar surface area (TPSA) is 125 Å². The summed E-state index contributed by atoms with van der Waals surface area (Å²) < 4.78 is 2.65. The van der Waals surface area contributed by atoms with Crippen LogP contribution in [0.15, 0.2) is 53.5 Å². The number of fused-ring (bicyclic) bond motifs is 1. The molecule has 0 aliphatic heterocycles. The summed E-state index contributed by atoms with van der Waals surface area (Å²) >= 11 is 0. The van der Waals surface area contributed by atoms with Crippen molar-refractivity contribution in [2.24, 2.45) is 0 Å². The lowest BCUT2D eigenvalue weighted by molar-refractivity contribution is -0.384. The third-order valence-corrected chi connectivity index (χ3v) is 5.26. The van der Waals surface area contributed by atoms with Crippen molar-refractivity contribution in [3.8, 4) is 5.69 Å². The van der Waals surface area contributed by atoms with E-state index in [0.717, 1.165) is 21.5 Å². The molecule has 32 heavy (non-hydrogen) atoms. The summed E-state index contributed by atoms with van der Waals surface area (Å²) in [6.45, 7) is 5.42. The van der Waals surface area contributed by atoms with Gasteiger partial charge in [-0.05, 0) is 56.2 Å². The molecule has 10 nitrogen and oxygen atoms in total. The van der Waals surface area contributed by atoms with Gasteiger partial charge in [-0.15, -0.1) is 0 Å². The molecule has 0 spiro atoms. The predicted octanol–water partition coefficient (Wildman–Crippen LogP) is 3.05. The minimum atomic E-state index is -0.522. The van der Waals surface area contributed by atoms with Crippen LogP contribution in [0.1, 0.15) is 16.8 Å². The maximum absolute atomic E-state index is 13.2. The average Bonchev–Trinajstić information content (AvgIpc) is 3.20. The number of anilines is 1. The Morgan fingerprint density at radius 2 is 1.81 bits per heavy atom. The van der Waals surface area contributed by atoms with Crippen molar-refractivity contribution in [3.63, 3.8) is 0 Å².